The zero-order valence-electron chi connectivity index (χ0n) is 21.1. The highest BCUT2D eigenvalue weighted by molar-refractivity contribution is 5.37. The molecule has 0 aromatic heterocycles. The quantitative estimate of drug-likeness (QED) is 0.460. The lowest BCUT2D eigenvalue weighted by molar-refractivity contribution is -0.0664. The highest BCUT2D eigenvalue weighted by atomic mass is 16.3. The summed E-state index contributed by atoms with van der Waals surface area (Å²) in [5.41, 5.74) is 5.31. The second kappa shape index (κ2) is 8.64. The molecule has 176 valence electrons. The van der Waals surface area contributed by atoms with Gasteiger partial charge in [0.1, 0.15) is 0 Å². The van der Waals surface area contributed by atoms with E-state index < -0.39 is 0 Å². The topological polar surface area (TPSA) is 40.5 Å². The predicted molar refractivity (Wildman–Crippen MR) is 130 cm³/mol. The Morgan fingerprint density at radius 3 is 2.48 bits per heavy atom. The van der Waals surface area contributed by atoms with Crippen molar-refractivity contribution in [2.75, 3.05) is 0 Å². The third kappa shape index (κ3) is 3.88. The standard InChI is InChI=1S/C29H48O2/c1-7-20(18(2)3)9-8-19(4)23-10-11-24-27-25(13-15-29(23,24)6)28(5)14-12-22(30)16-21(28)17-26(27)31/h7,18-19,21-23,25-26,30-31H,8-17H2,1-6H3/b20-7-/t19-,21?,22+,23-,25?,26-,28+,29-/m1/s1. The van der Waals surface area contributed by atoms with E-state index in [0.29, 0.717) is 17.8 Å². The highest BCUT2D eigenvalue weighted by Gasteiger charge is 2.57. The lowest BCUT2D eigenvalue weighted by Gasteiger charge is -2.58. The van der Waals surface area contributed by atoms with E-state index in [1.54, 1.807) is 11.1 Å². The van der Waals surface area contributed by atoms with Crippen LogP contribution in [-0.2, 0) is 0 Å². The molecule has 3 fully saturated rings. The van der Waals surface area contributed by atoms with Crippen molar-refractivity contribution in [3.8, 4) is 0 Å². The Morgan fingerprint density at radius 1 is 1.06 bits per heavy atom. The molecule has 0 spiro atoms. The van der Waals surface area contributed by atoms with Gasteiger partial charge in [-0.25, -0.2) is 0 Å². The van der Waals surface area contributed by atoms with E-state index in [4.69, 9.17) is 0 Å². The van der Waals surface area contributed by atoms with Gasteiger partial charge in [0.2, 0.25) is 0 Å². The Kier molecular flexibility index (Phi) is 6.56. The van der Waals surface area contributed by atoms with Gasteiger partial charge < -0.3 is 10.2 Å². The molecule has 31 heavy (non-hydrogen) atoms. The number of hydrogen-bond acceptors (Lipinski definition) is 2. The van der Waals surface area contributed by atoms with E-state index in [1.165, 1.54) is 44.1 Å². The van der Waals surface area contributed by atoms with Crippen molar-refractivity contribution in [2.24, 2.45) is 40.4 Å². The summed E-state index contributed by atoms with van der Waals surface area (Å²) in [4.78, 5) is 0. The third-order valence-electron chi connectivity index (χ3n) is 10.7. The zero-order chi connectivity index (χ0) is 22.6. The van der Waals surface area contributed by atoms with Gasteiger partial charge in [0, 0.05) is 0 Å². The largest absolute Gasteiger partial charge is 0.393 e. The molecular formula is C29H48O2. The summed E-state index contributed by atoms with van der Waals surface area (Å²) in [5, 5.41) is 21.6. The smallest absolute Gasteiger partial charge is 0.0758 e. The molecule has 0 aromatic rings. The van der Waals surface area contributed by atoms with Gasteiger partial charge in [-0.15, -0.1) is 0 Å². The number of aliphatic hydroxyl groups is 2. The Balaban J connectivity index is 1.57. The van der Waals surface area contributed by atoms with E-state index in [9.17, 15) is 10.2 Å². The average molecular weight is 429 g/mol. The van der Waals surface area contributed by atoms with E-state index in [-0.39, 0.29) is 23.0 Å². The Morgan fingerprint density at radius 2 is 1.81 bits per heavy atom. The average Bonchev–Trinajstić information content (AvgIpc) is 3.06. The van der Waals surface area contributed by atoms with Gasteiger partial charge in [-0.3, -0.25) is 0 Å². The van der Waals surface area contributed by atoms with Crippen LogP contribution in [0.1, 0.15) is 106 Å². The molecule has 8 atom stereocenters. The summed E-state index contributed by atoms with van der Waals surface area (Å²) >= 11 is 0. The molecule has 2 N–H and O–H groups in total. The first-order chi connectivity index (χ1) is 14.6. The lowest BCUT2D eigenvalue weighted by Crippen LogP contribution is -2.52. The van der Waals surface area contributed by atoms with Gasteiger partial charge in [0.05, 0.1) is 12.2 Å². The van der Waals surface area contributed by atoms with Crippen LogP contribution in [0.3, 0.4) is 0 Å². The first kappa shape index (κ1) is 23.6. The summed E-state index contributed by atoms with van der Waals surface area (Å²) in [6, 6.07) is 0. The molecule has 0 saturated heterocycles. The minimum absolute atomic E-state index is 0.155. The fraction of sp³-hybridized carbons (Fsp3) is 0.862. The van der Waals surface area contributed by atoms with Gasteiger partial charge in [-0.05, 0) is 117 Å². The molecule has 2 unspecified atom stereocenters. The number of aliphatic hydroxyl groups excluding tert-OH is 2. The molecule has 0 amide bonds. The van der Waals surface area contributed by atoms with Crippen LogP contribution in [-0.4, -0.2) is 22.4 Å². The van der Waals surface area contributed by atoms with Gasteiger partial charge in [-0.1, -0.05) is 51.8 Å². The molecule has 4 aliphatic rings. The number of rotatable bonds is 5. The molecule has 3 saturated carbocycles. The number of allylic oxidation sites excluding steroid dienone is 3. The minimum atomic E-state index is -0.271. The summed E-state index contributed by atoms with van der Waals surface area (Å²) in [5.74, 6) is 3.18. The van der Waals surface area contributed by atoms with Crippen molar-refractivity contribution in [1.82, 2.24) is 0 Å². The maximum absolute atomic E-state index is 11.4. The normalized spacial score (nSPS) is 44.2. The molecule has 4 aliphatic carbocycles. The van der Waals surface area contributed by atoms with Crippen LogP contribution in [0.2, 0.25) is 0 Å². The molecule has 0 bridgehead atoms. The van der Waals surface area contributed by atoms with Crippen molar-refractivity contribution in [3.05, 3.63) is 22.8 Å². The van der Waals surface area contributed by atoms with Crippen molar-refractivity contribution in [3.63, 3.8) is 0 Å². The van der Waals surface area contributed by atoms with Gasteiger partial charge >= 0.3 is 0 Å². The second-order valence-electron chi connectivity index (χ2n) is 12.5. The van der Waals surface area contributed by atoms with Crippen molar-refractivity contribution in [1.29, 1.82) is 0 Å². The zero-order valence-corrected chi connectivity index (χ0v) is 21.1. The first-order valence-electron chi connectivity index (χ1n) is 13.4. The lowest BCUT2D eigenvalue weighted by atomic mass is 9.48. The molecule has 2 nitrogen and oxygen atoms in total. The monoisotopic (exact) mass is 428 g/mol. The van der Waals surface area contributed by atoms with Gasteiger partial charge in [-0.2, -0.15) is 0 Å². The van der Waals surface area contributed by atoms with E-state index in [1.807, 2.05) is 0 Å². The van der Waals surface area contributed by atoms with Crippen LogP contribution in [0.4, 0.5) is 0 Å². The predicted octanol–water partition coefficient (Wildman–Crippen LogP) is 7.06. The molecular weight excluding hydrogens is 380 g/mol. The van der Waals surface area contributed by atoms with Crippen molar-refractivity contribution in [2.45, 2.75) is 118 Å². The van der Waals surface area contributed by atoms with Crippen LogP contribution in [0.25, 0.3) is 0 Å². The third-order valence-corrected chi connectivity index (χ3v) is 10.7. The molecule has 2 heteroatoms. The molecule has 0 aromatic carbocycles. The minimum Gasteiger partial charge on any atom is -0.393 e. The van der Waals surface area contributed by atoms with E-state index in [2.05, 4.69) is 47.6 Å². The van der Waals surface area contributed by atoms with Gasteiger partial charge in [0.15, 0.2) is 0 Å². The number of fused-ring (bicyclic) bond motifs is 4. The van der Waals surface area contributed by atoms with Crippen LogP contribution >= 0.6 is 0 Å². The fourth-order valence-electron chi connectivity index (χ4n) is 8.76. The van der Waals surface area contributed by atoms with Crippen molar-refractivity contribution < 1.29 is 10.2 Å². The highest BCUT2D eigenvalue weighted by Crippen LogP contribution is 2.65. The van der Waals surface area contributed by atoms with Crippen LogP contribution in [0.15, 0.2) is 22.8 Å². The Bertz CT molecular complexity index is 733. The molecule has 4 rings (SSSR count). The van der Waals surface area contributed by atoms with Crippen LogP contribution in [0.5, 0.6) is 0 Å². The molecule has 0 heterocycles. The first-order valence-corrected chi connectivity index (χ1v) is 13.4. The Labute approximate surface area is 191 Å². The number of hydrogen-bond donors (Lipinski definition) is 2. The van der Waals surface area contributed by atoms with Crippen molar-refractivity contribution >= 4 is 0 Å². The maximum Gasteiger partial charge on any atom is 0.0758 e. The summed E-state index contributed by atoms with van der Waals surface area (Å²) in [7, 11) is 0. The van der Waals surface area contributed by atoms with Gasteiger partial charge in [0.25, 0.3) is 0 Å². The SMILES string of the molecule is C/C=C(/CC[C@@H](C)[C@H]1CCC2=C3C(CC[C@@]21C)[C@@]1(C)CC[C@H](O)CC1C[C@H]3O)C(C)C. The molecule has 0 radical (unpaired) electrons. The maximum atomic E-state index is 11.4. The van der Waals surface area contributed by atoms with E-state index >= 15 is 0 Å². The summed E-state index contributed by atoms with van der Waals surface area (Å²) < 4.78 is 0. The summed E-state index contributed by atoms with van der Waals surface area (Å²) in [6.45, 7) is 14.4. The van der Waals surface area contributed by atoms with Crippen LogP contribution in [0, 0.1) is 40.4 Å². The fourth-order valence-corrected chi connectivity index (χ4v) is 8.76. The Hall–Kier alpha value is -0.600. The second-order valence-corrected chi connectivity index (χ2v) is 12.5. The van der Waals surface area contributed by atoms with E-state index in [0.717, 1.165) is 37.5 Å². The molecule has 0 aliphatic heterocycles. The van der Waals surface area contributed by atoms with Crippen LogP contribution < -0.4 is 0 Å². The summed E-state index contributed by atoms with van der Waals surface area (Å²) in [6.07, 6.45) is 13.3.